The largest absolute Gasteiger partial charge is 0.382 e. The second-order valence-electron chi connectivity index (χ2n) is 4.62. The van der Waals surface area contributed by atoms with Gasteiger partial charge in [0.25, 0.3) is 0 Å². The van der Waals surface area contributed by atoms with Gasteiger partial charge in [-0.1, -0.05) is 31.4 Å². The molecule has 0 bridgehead atoms. The van der Waals surface area contributed by atoms with E-state index in [2.05, 4.69) is 24.4 Å². The Bertz CT molecular complexity index is 307. The van der Waals surface area contributed by atoms with Crippen molar-refractivity contribution >= 4 is 17.3 Å². The number of hydrogen-bond donors (Lipinski definition) is 1. The molecule has 1 aliphatic rings. The predicted molar refractivity (Wildman–Crippen MR) is 66.5 cm³/mol. The van der Waals surface area contributed by atoms with E-state index in [1.807, 2.05) is 12.1 Å². The van der Waals surface area contributed by atoms with Crippen LogP contribution in [0.25, 0.3) is 0 Å². The minimum Gasteiger partial charge on any atom is -0.382 e. The zero-order valence-corrected chi connectivity index (χ0v) is 9.93. The molecule has 82 valence electrons. The Hall–Kier alpha value is -0.690. The van der Waals surface area contributed by atoms with Gasteiger partial charge >= 0.3 is 0 Å². The molecule has 1 aliphatic carbocycles. The normalized spacial score (nSPS) is 26.3. The van der Waals surface area contributed by atoms with Gasteiger partial charge in [0.1, 0.15) is 0 Å². The molecule has 1 N–H and O–H groups in total. The molecule has 1 fully saturated rings. The van der Waals surface area contributed by atoms with Gasteiger partial charge < -0.3 is 5.32 Å². The average Bonchev–Trinajstić information content (AvgIpc) is 2.22. The minimum atomic E-state index is 0.648. The quantitative estimate of drug-likeness (QED) is 0.787. The lowest BCUT2D eigenvalue weighted by molar-refractivity contribution is 0.358. The van der Waals surface area contributed by atoms with Gasteiger partial charge in [0.05, 0.1) is 0 Å². The molecule has 0 aliphatic heterocycles. The van der Waals surface area contributed by atoms with Gasteiger partial charge in [0, 0.05) is 16.8 Å². The summed E-state index contributed by atoms with van der Waals surface area (Å²) in [5.74, 6) is 0.864. The second-order valence-corrected chi connectivity index (χ2v) is 5.06. The molecule has 2 rings (SSSR count). The molecule has 0 spiro atoms. The van der Waals surface area contributed by atoms with Crippen molar-refractivity contribution in [3.05, 3.63) is 29.3 Å². The van der Waals surface area contributed by atoms with Crippen LogP contribution < -0.4 is 5.32 Å². The first kappa shape index (κ1) is 10.8. The van der Waals surface area contributed by atoms with Gasteiger partial charge in [-0.2, -0.15) is 0 Å². The predicted octanol–water partition coefficient (Wildman–Crippen LogP) is 4.33. The van der Waals surface area contributed by atoms with E-state index in [0.717, 1.165) is 10.9 Å². The van der Waals surface area contributed by atoms with Crippen LogP contribution in [-0.4, -0.2) is 6.04 Å². The summed E-state index contributed by atoms with van der Waals surface area (Å²) in [5, 5.41) is 4.38. The van der Waals surface area contributed by atoms with E-state index < -0.39 is 0 Å². The summed E-state index contributed by atoms with van der Waals surface area (Å²) in [5.41, 5.74) is 1.19. The smallest absolute Gasteiger partial charge is 0.0407 e. The number of halogens is 1. The maximum absolute atomic E-state index is 5.85. The van der Waals surface area contributed by atoms with Crippen LogP contribution in [0.2, 0.25) is 5.02 Å². The number of benzene rings is 1. The van der Waals surface area contributed by atoms with Gasteiger partial charge in [-0.05, 0) is 43.0 Å². The summed E-state index contributed by atoms with van der Waals surface area (Å²) >= 11 is 5.85. The Morgan fingerprint density at radius 1 is 1.20 bits per heavy atom. The Morgan fingerprint density at radius 3 is 2.60 bits per heavy atom. The van der Waals surface area contributed by atoms with Gasteiger partial charge in [0.2, 0.25) is 0 Å². The van der Waals surface area contributed by atoms with Crippen molar-refractivity contribution in [2.24, 2.45) is 5.92 Å². The van der Waals surface area contributed by atoms with E-state index in [9.17, 15) is 0 Å². The maximum Gasteiger partial charge on any atom is 0.0407 e. The summed E-state index contributed by atoms with van der Waals surface area (Å²) in [6, 6.07) is 8.64. The van der Waals surface area contributed by atoms with Crippen LogP contribution in [0.3, 0.4) is 0 Å². The van der Waals surface area contributed by atoms with E-state index in [4.69, 9.17) is 11.6 Å². The lowest BCUT2D eigenvalue weighted by atomic mass is 9.87. The zero-order chi connectivity index (χ0) is 10.7. The van der Waals surface area contributed by atoms with Crippen LogP contribution >= 0.6 is 11.6 Å². The summed E-state index contributed by atoms with van der Waals surface area (Å²) < 4.78 is 0. The third kappa shape index (κ3) is 3.13. The van der Waals surface area contributed by atoms with Crippen LogP contribution in [0.15, 0.2) is 24.3 Å². The summed E-state index contributed by atoms with van der Waals surface area (Å²) in [6.07, 6.45) is 5.33. The van der Waals surface area contributed by atoms with Crippen molar-refractivity contribution in [3.8, 4) is 0 Å². The van der Waals surface area contributed by atoms with Crippen molar-refractivity contribution in [2.45, 2.75) is 38.6 Å². The number of hydrogen-bond acceptors (Lipinski definition) is 1. The lowest BCUT2D eigenvalue weighted by Gasteiger charge is -2.28. The Balaban J connectivity index is 1.93. The molecule has 0 aromatic heterocycles. The molecule has 2 atom stereocenters. The van der Waals surface area contributed by atoms with Crippen LogP contribution in [0.4, 0.5) is 5.69 Å². The number of nitrogens with one attached hydrogen (secondary N) is 1. The van der Waals surface area contributed by atoms with Gasteiger partial charge in [-0.3, -0.25) is 0 Å². The summed E-state index contributed by atoms with van der Waals surface area (Å²) in [4.78, 5) is 0. The van der Waals surface area contributed by atoms with Crippen molar-refractivity contribution in [3.63, 3.8) is 0 Å². The van der Waals surface area contributed by atoms with Crippen molar-refractivity contribution in [1.82, 2.24) is 0 Å². The highest BCUT2D eigenvalue weighted by molar-refractivity contribution is 6.30. The molecule has 0 saturated heterocycles. The Kier molecular flexibility index (Phi) is 3.53. The molecule has 0 heterocycles. The lowest BCUT2D eigenvalue weighted by Crippen LogP contribution is -2.26. The first-order valence-corrected chi connectivity index (χ1v) is 6.14. The van der Waals surface area contributed by atoms with E-state index in [-0.39, 0.29) is 0 Å². The van der Waals surface area contributed by atoms with Gasteiger partial charge in [0.15, 0.2) is 0 Å². The van der Waals surface area contributed by atoms with E-state index in [1.54, 1.807) is 0 Å². The van der Waals surface area contributed by atoms with Crippen molar-refractivity contribution < 1.29 is 0 Å². The third-order valence-corrected chi connectivity index (χ3v) is 3.40. The summed E-state index contributed by atoms with van der Waals surface area (Å²) in [7, 11) is 0. The van der Waals surface area contributed by atoms with E-state index >= 15 is 0 Å². The highest BCUT2D eigenvalue weighted by atomic mass is 35.5. The summed E-state index contributed by atoms with van der Waals surface area (Å²) in [6.45, 7) is 2.34. The van der Waals surface area contributed by atoms with Crippen LogP contribution in [0.5, 0.6) is 0 Å². The molecular formula is C13H18ClN. The van der Waals surface area contributed by atoms with Gasteiger partial charge in [-0.25, -0.2) is 0 Å². The SMILES string of the molecule is CC1CCCC(Nc2ccc(Cl)cc2)C1. The van der Waals surface area contributed by atoms with Crippen LogP contribution in [-0.2, 0) is 0 Å². The minimum absolute atomic E-state index is 0.648. The molecule has 1 saturated carbocycles. The molecule has 0 radical (unpaired) electrons. The molecule has 15 heavy (non-hydrogen) atoms. The molecule has 1 aromatic carbocycles. The number of anilines is 1. The molecule has 1 nitrogen and oxygen atoms in total. The zero-order valence-electron chi connectivity index (χ0n) is 9.17. The van der Waals surface area contributed by atoms with Crippen molar-refractivity contribution in [2.75, 3.05) is 5.32 Å². The first-order chi connectivity index (χ1) is 7.24. The standard InChI is InChI=1S/C13H18ClN/c1-10-3-2-4-13(9-10)15-12-7-5-11(14)6-8-12/h5-8,10,13,15H,2-4,9H2,1H3. The molecule has 2 heteroatoms. The monoisotopic (exact) mass is 223 g/mol. The fourth-order valence-electron chi connectivity index (χ4n) is 2.35. The molecule has 2 unspecified atom stereocenters. The number of rotatable bonds is 2. The Labute approximate surface area is 96.8 Å². The second kappa shape index (κ2) is 4.89. The maximum atomic E-state index is 5.85. The van der Waals surface area contributed by atoms with E-state index in [0.29, 0.717) is 6.04 Å². The third-order valence-electron chi connectivity index (χ3n) is 3.15. The van der Waals surface area contributed by atoms with E-state index in [1.165, 1.54) is 31.4 Å². The van der Waals surface area contributed by atoms with Crippen molar-refractivity contribution in [1.29, 1.82) is 0 Å². The highest BCUT2D eigenvalue weighted by Crippen LogP contribution is 2.26. The molecule has 0 amide bonds. The fourth-order valence-corrected chi connectivity index (χ4v) is 2.47. The topological polar surface area (TPSA) is 12.0 Å². The fraction of sp³-hybridized carbons (Fsp3) is 0.538. The van der Waals surface area contributed by atoms with Crippen LogP contribution in [0.1, 0.15) is 32.6 Å². The van der Waals surface area contributed by atoms with Crippen LogP contribution in [0, 0.1) is 5.92 Å². The molecule has 1 aromatic rings. The van der Waals surface area contributed by atoms with Gasteiger partial charge in [-0.15, -0.1) is 0 Å². The molecular weight excluding hydrogens is 206 g/mol. The Morgan fingerprint density at radius 2 is 1.93 bits per heavy atom. The first-order valence-electron chi connectivity index (χ1n) is 5.76. The average molecular weight is 224 g/mol. The highest BCUT2D eigenvalue weighted by Gasteiger charge is 2.18.